The molecule has 8 heteroatoms. The van der Waals surface area contributed by atoms with Crippen molar-refractivity contribution in [3.8, 4) is 11.3 Å². The fraction of sp³-hybridized carbons (Fsp3) is 0.0769. The van der Waals surface area contributed by atoms with Gasteiger partial charge in [-0.3, -0.25) is 4.98 Å². The molecule has 0 unspecified atom stereocenters. The first-order valence-electron chi connectivity index (χ1n) is 5.47. The Balaban J connectivity index is 2.75. The van der Waals surface area contributed by atoms with E-state index >= 15 is 0 Å². The fourth-order valence-corrected chi connectivity index (χ4v) is 2.39. The summed E-state index contributed by atoms with van der Waals surface area (Å²) < 4.78 is 39.0. The van der Waals surface area contributed by atoms with Crippen molar-refractivity contribution in [3.63, 3.8) is 0 Å². The smallest absolute Gasteiger partial charge is 0.417 e. The maximum absolute atomic E-state index is 13.0. The van der Waals surface area contributed by atoms with E-state index in [4.69, 9.17) is 28.3 Å². The average molecular weight is 336 g/mol. The van der Waals surface area contributed by atoms with Crippen molar-refractivity contribution in [2.45, 2.75) is 6.18 Å². The summed E-state index contributed by atoms with van der Waals surface area (Å²) in [5.74, 6) is -1.45. The van der Waals surface area contributed by atoms with Gasteiger partial charge in [-0.1, -0.05) is 41.4 Å². The Kier molecular flexibility index (Phi) is 4.11. The van der Waals surface area contributed by atoms with Crippen LogP contribution in [0.3, 0.4) is 0 Å². The van der Waals surface area contributed by atoms with Gasteiger partial charge >= 0.3 is 12.1 Å². The first-order chi connectivity index (χ1) is 9.73. The van der Waals surface area contributed by atoms with E-state index < -0.39 is 28.3 Å². The second-order valence-electron chi connectivity index (χ2n) is 3.99. The first kappa shape index (κ1) is 15.6. The molecular formula is C13H6Cl2F3NO2. The van der Waals surface area contributed by atoms with Gasteiger partial charge in [-0.05, 0) is 6.07 Å². The fourth-order valence-electron chi connectivity index (χ4n) is 1.79. The van der Waals surface area contributed by atoms with E-state index in [1.165, 1.54) is 12.1 Å². The summed E-state index contributed by atoms with van der Waals surface area (Å²) in [5.41, 5.74) is -2.04. The molecule has 1 aromatic carbocycles. The van der Waals surface area contributed by atoms with Crippen molar-refractivity contribution in [2.75, 3.05) is 0 Å². The van der Waals surface area contributed by atoms with Crippen molar-refractivity contribution < 1.29 is 23.1 Å². The molecule has 0 radical (unpaired) electrons. The lowest BCUT2D eigenvalue weighted by molar-refractivity contribution is -0.137. The van der Waals surface area contributed by atoms with Crippen LogP contribution in [0.5, 0.6) is 0 Å². The number of halogens is 5. The number of rotatable bonds is 2. The number of carbonyl (C=O) groups is 1. The van der Waals surface area contributed by atoms with Gasteiger partial charge in [0.1, 0.15) is 5.56 Å². The molecule has 1 N–H and O–H groups in total. The number of hydrogen-bond acceptors (Lipinski definition) is 2. The number of alkyl halides is 3. The number of nitrogens with zero attached hydrogens (tertiary/aromatic N) is 1. The number of benzene rings is 1. The first-order valence-corrected chi connectivity index (χ1v) is 6.23. The molecule has 0 fully saturated rings. The van der Waals surface area contributed by atoms with Crippen LogP contribution >= 0.6 is 23.2 Å². The number of aromatic nitrogens is 1. The van der Waals surface area contributed by atoms with E-state index in [0.29, 0.717) is 0 Å². The molecule has 21 heavy (non-hydrogen) atoms. The van der Waals surface area contributed by atoms with Gasteiger partial charge in [-0.25, -0.2) is 4.79 Å². The Morgan fingerprint density at radius 2 is 1.81 bits per heavy atom. The molecule has 0 amide bonds. The van der Waals surface area contributed by atoms with Crippen molar-refractivity contribution in [2.24, 2.45) is 0 Å². The van der Waals surface area contributed by atoms with Gasteiger partial charge in [0, 0.05) is 11.8 Å². The Bertz CT molecular complexity index is 717. The van der Waals surface area contributed by atoms with Crippen molar-refractivity contribution in [1.82, 2.24) is 4.98 Å². The van der Waals surface area contributed by atoms with Gasteiger partial charge < -0.3 is 5.11 Å². The van der Waals surface area contributed by atoms with Gasteiger partial charge in [-0.15, -0.1) is 0 Å². The molecule has 0 aliphatic carbocycles. The van der Waals surface area contributed by atoms with Crippen LogP contribution in [-0.2, 0) is 6.18 Å². The minimum absolute atomic E-state index is 0.249. The topological polar surface area (TPSA) is 50.2 Å². The number of carboxylic acid groups (broad SMARTS) is 1. The molecule has 3 nitrogen and oxygen atoms in total. The van der Waals surface area contributed by atoms with Gasteiger partial charge in [0.2, 0.25) is 0 Å². The summed E-state index contributed by atoms with van der Waals surface area (Å²) in [6.45, 7) is 0. The second kappa shape index (κ2) is 5.54. The van der Waals surface area contributed by atoms with Crippen LogP contribution in [0.15, 0.2) is 30.5 Å². The Labute approximate surface area is 126 Å². The monoisotopic (exact) mass is 335 g/mol. The van der Waals surface area contributed by atoms with Crippen molar-refractivity contribution in [1.29, 1.82) is 0 Å². The number of pyridine rings is 1. The van der Waals surface area contributed by atoms with Gasteiger partial charge in [0.15, 0.2) is 0 Å². The number of carboxylic acids is 1. The molecule has 2 aromatic rings. The number of aromatic carboxylic acids is 1. The summed E-state index contributed by atoms with van der Waals surface area (Å²) in [5, 5.41) is 8.34. The third kappa shape index (κ3) is 2.96. The van der Waals surface area contributed by atoms with Crippen LogP contribution in [0.25, 0.3) is 11.3 Å². The normalized spacial score (nSPS) is 11.5. The highest BCUT2D eigenvalue weighted by molar-refractivity contribution is 6.40. The largest absolute Gasteiger partial charge is 0.478 e. The summed E-state index contributed by atoms with van der Waals surface area (Å²) >= 11 is 11.5. The standard InChI is InChI=1S/C13H6Cl2F3NO2/c14-8-5-19-11(10(15)9(8)12(20)21)6-3-1-2-4-7(6)13(16,17)18/h1-5H,(H,20,21). The zero-order valence-electron chi connectivity index (χ0n) is 10.1. The zero-order valence-corrected chi connectivity index (χ0v) is 11.6. The van der Waals surface area contributed by atoms with Crippen LogP contribution in [0.2, 0.25) is 10.0 Å². The maximum atomic E-state index is 13.0. The van der Waals surface area contributed by atoms with E-state index in [-0.39, 0.29) is 16.3 Å². The minimum atomic E-state index is -4.62. The predicted octanol–water partition coefficient (Wildman–Crippen LogP) is 4.77. The SMILES string of the molecule is O=C(O)c1c(Cl)cnc(-c2ccccc2C(F)(F)F)c1Cl. The van der Waals surface area contributed by atoms with Gasteiger partial charge in [-0.2, -0.15) is 13.2 Å². The average Bonchev–Trinajstić information content (AvgIpc) is 2.37. The van der Waals surface area contributed by atoms with Crippen LogP contribution in [0.1, 0.15) is 15.9 Å². The summed E-state index contributed by atoms with van der Waals surface area (Å²) in [4.78, 5) is 14.8. The summed E-state index contributed by atoms with van der Waals surface area (Å²) in [6.07, 6.45) is -3.66. The van der Waals surface area contributed by atoms with E-state index in [2.05, 4.69) is 4.98 Å². The van der Waals surface area contributed by atoms with Gasteiger partial charge in [0.05, 0.1) is 21.3 Å². The highest BCUT2D eigenvalue weighted by atomic mass is 35.5. The van der Waals surface area contributed by atoms with Crippen LogP contribution in [0, 0.1) is 0 Å². The lowest BCUT2D eigenvalue weighted by Gasteiger charge is -2.14. The molecule has 0 spiro atoms. The molecular weight excluding hydrogens is 330 g/mol. The maximum Gasteiger partial charge on any atom is 0.417 e. The molecule has 110 valence electrons. The summed E-state index contributed by atoms with van der Waals surface area (Å²) in [7, 11) is 0. The van der Waals surface area contributed by atoms with E-state index in [1.807, 2.05) is 0 Å². The molecule has 0 aliphatic heterocycles. The molecule has 0 aliphatic rings. The molecule has 0 saturated heterocycles. The van der Waals surface area contributed by atoms with E-state index in [9.17, 15) is 18.0 Å². The molecule has 1 heterocycles. The molecule has 0 bridgehead atoms. The zero-order chi connectivity index (χ0) is 15.8. The highest BCUT2D eigenvalue weighted by Gasteiger charge is 2.34. The van der Waals surface area contributed by atoms with Crippen LogP contribution in [0.4, 0.5) is 13.2 Å². The third-order valence-electron chi connectivity index (χ3n) is 2.67. The molecule has 2 rings (SSSR count). The van der Waals surface area contributed by atoms with Crippen LogP contribution < -0.4 is 0 Å². The molecule has 1 aromatic heterocycles. The predicted molar refractivity (Wildman–Crippen MR) is 71.7 cm³/mol. The quantitative estimate of drug-likeness (QED) is 0.859. The lowest BCUT2D eigenvalue weighted by atomic mass is 10.0. The second-order valence-corrected chi connectivity index (χ2v) is 4.78. The number of hydrogen-bond donors (Lipinski definition) is 1. The highest BCUT2D eigenvalue weighted by Crippen LogP contribution is 2.40. The van der Waals surface area contributed by atoms with Crippen molar-refractivity contribution in [3.05, 3.63) is 51.6 Å². The Hall–Kier alpha value is -1.79. The Morgan fingerprint density at radius 1 is 1.19 bits per heavy atom. The van der Waals surface area contributed by atoms with E-state index in [1.54, 1.807) is 0 Å². The lowest BCUT2D eigenvalue weighted by Crippen LogP contribution is -2.08. The summed E-state index contributed by atoms with van der Waals surface area (Å²) in [6, 6.07) is 4.62. The minimum Gasteiger partial charge on any atom is -0.478 e. The van der Waals surface area contributed by atoms with Crippen LogP contribution in [-0.4, -0.2) is 16.1 Å². The third-order valence-corrected chi connectivity index (χ3v) is 3.33. The molecule has 0 saturated carbocycles. The van der Waals surface area contributed by atoms with Gasteiger partial charge in [0.25, 0.3) is 0 Å². The van der Waals surface area contributed by atoms with E-state index in [0.717, 1.165) is 18.3 Å². The molecule has 0 atom stereocenters. The Morgan fingerprint density at radius 3 is 2.38 bits per heavy atom. The van der Waals surface area contributed by atoms with Crippen molar-refractivity contribution >= 4 is 29.2 Å².